The van der Waals surface area contributed by atoms with Crippen molar-refractivity contribution in [2.75, 3.05) is 18.0 Å². The Labute approximate surface area is 158 Å². The van der Waals surface area contributed by atoms with Crippen molar-refractivity contribution in [1.82, 2.24) is 14.3 Å². The molecule has 0 spiro atoms. The van der Waals surface area contributed by atoms with Gasteiger partial charge in [0, 0.05) is 27.2 Å². The van der Waals surface area contributed by atoms with Gasteiger partial charge in [0.25, 0.3) is 5.56 Å². The molecule has 1 aromatic heterocycles. The van der Waals surface area contributed by atoms with Crippen molar-refractivity contribution >= 4 is 5.82 Å². The summed E-state index contributed by atoms with van der Waals surface area (Å²) in [5, 5.41) is 4.03. The van der Waals surface area contributed by atoms with Crippen molar-refractivity contribution in [3.8, 4) is 0 Å². The van der Waals surface area contributed by atoms with Crippen molar-refractivity contribution in [3.63, 3.8) is 0 Å². The highest BCUT2D eigenvalue weighted by atomic mass is 19.4. The molecule has 1 aliphatic heterocycles. The normalized spacial score (nSPS) is 15.9. The second-order valence-electron chi connectivity index (χ2n) is 7.03. The number of aryl methyl sites for hydroxylation is 1. The van der Waals surface area contributed by atoms with Crippen LogP contribution in [0.2, 0.25) is 0 Å². The average Bonchev–Trinajstić information content (AvgIpc) is 2.64. The Kier molecular flexibility index (Phi) is 5.31. The van der Waals surface area contributed by atoms with Crippen molar-refractivity contribution in [2.24, 2.45) is 20.0 Å². The highest BCUT2D eigenvalue weighted by Gasteiger charge is 2.31. The maximum absolute atomic E-state index is 14.0. The van der Waals surface area contributed by atoms with E-state index in [1.165, 1.54) is 14.1 Å². The molecule has 1 saturated heterocycles. The minimum atomic E-state index is -4.51. The standard InChI is InChI=1S/C18H20F4N4O2/c1-24-16(27)15(23-25(2)17(24)28)26-7-5-11(6-8-26)9-12-10-13(18(20,21)22)3-4-14(12)19/h3-4,10-11H,5-9H2,1-2H3. The van der Waals surface area contributed by atoms with Crippen LogP contribution in [-0.4, -0.2) is 27.4 Å². The van der Waals surface area contributed by atoms with Crippen molar-refractivity contribution in [3.05, 3.63) is 56.0 Å². The maximum Gasteiger partial charge on any atom is 0.416 e. The minimum absolute atomic E-state index is 0.00869. The summed E-state index contributed by atoms with van der Waals surface area (Å²) >= 11 is 0. The van der Waals surface area contributed by atoms with Gasteiger partial charge >= 0.3 is 11.9 Å². The van der Waals surface area contributed by atoms with Gasteiger partial charge in [-0.15, -0.1) is 5.10 Å². The number of rotatable bonds is 3. The lowest BCUT2D eigenvalue weighted by Gasteiger charge is -2.32. The third-order valence-electron chi connectivity index (χ3n) is 5.10. The van der Waals surface area contributed by atoms with Crippen molar-refractivity contribution in [1.29, 1.82) is 0 Å². The summed E-state index contributed by atoms with van der Waals surface area (Å²) in [6.07, 6.45) is -3.17. The zero-order valence-corrected chi connectivity index (χ0v) is 15.5. The van der Waals surface area contributed by atoms with E-state index in [0.717, 1.165) is 27.4 Å². The maximum atomic E-state index is 14.0. The molecule has 1 fully saturated rings. The molecule has 0 bridgehead atoms. The summed E-state index contributed by atoms with van der Waals surface area (Å²) in [6.45, 7) is 0.900. The number of piperidine rings is 1. The summed E-state index contributed by atoms with van der Waals surface area (Å²) in [6, 6.07) is 2.46. The fourth-order valence-corrected chi connectivity index (χ4v) is 3.45. The van der Waals surface area contributed by atoms with Crippen LogP contribution in [0, 0.1) is 11.7 Å². The fraction of sp³-hybridized carbons (Fsp3) is 0.500. The zero-order valence-electron chi connectivity index (χ0n) is 15.5. The number of hydrogen-bond donors (Lipinski definition) is 0. The molecule has 0 saturated carbocycles. The minimum Gasteiger partial charge on any atom is -0.351 e. The van der Waals surface area contributed by atoms with E-state index in [9.17, 15) is 27.2 Å². The van der Waals surface area contributed by atoms with Gasteiger partial charge in [-0.05, 0) is 48.9 Å². The number of aromatic nitrogens is 3. The van der Waals surface area contributed by atoms with E-state index >= 15 is 0 Å². The molecule has 0 atom stereocenters. The molecule has 0 aliphatic carbocycles. The lowest BCUT2D eigenvalue weighted by atomic mass is 9.89. The molecule has 0 unspecified atom stereocenters. The molecule has 2 heterocycles. The van der Waals surface area contributed by atoms with E-state index in [4.69, 9.17) is 0 Å². The van der Waals surface area contributed by atoms with Gasteiger partial charge in [0.15, 0.2) is 0 Å². The number of halogens is 4. The van der Waals surface area contributed by atoms with Crippen LogP contribution in [0.1, 0.15) is 24.0 Å². The van der Waals surface area contributed by atoms with Gasteiger partial charge in [-0.25, -0.2) is 13.9 Å². The Morgan fingerprint density at radius 2 is 1.79 bits per heavy atom. The number of benzene rings is 1. The summed E-state index contributed by atoms with van der Waals surface area (Å²) in [5.74, 6) is -0.497. The van der Waals surface area contributed by atoms with Gasteiger partial charge < -0.3 is 4.90 Å². The molecule has 6 nitrogen and oxygen atoms in total. The first-order valence-electron chi connectivity index (χ1n) is 8.83. The molecule has 28 heavy (non-hydrogen) atoms. The van der Waals surface area contributed by atoms with E-state index in [1.54, 1.807) is 4.90 Å². The van der Waals surface area contributed by atoms with Crippen molar-refractivity contribution < 1.29 is 17.6 Å². The van der Waals surface area contributed by atoms with Crippen LogP contribution in [0.25, 0.3) is 0 Å². The van der Waals surface area contributed by atoms with Crippen LogP contribution in [0.3, 0.4) is 0 Å². The van der Waals surface area contributed by atoms with E-state index in [-0.39, 0.29) is 23.7 Å². The Morgan fingerprint density at radius 1 is 1.14 bits per heavy atom. The van der Waals surface area contributed by atoms with Crippen LogP contribution in [-0.2, 0) is 26.7 Å². The molecule has 10 heteroatoms. The van der Waals surface area contributed by atoms with E-state index in [2.05, 4.69) is 5.10 Å². The molecule has 0 amide bonds. The number of anilines is 1. The molecule has 1 aromatic carbocycles. The Bertz CT molecular complexity index is 989. The molecule has 2 aromatic rings. The monoisotopic (exact) mass is 400 g/mol. The van der Waals surface area contributed by atoms with Gasteiger partial charge in [0.05, 0.1) is 5.56 Å². The Hall–Kier alpha value is -2.65. The van der Waals surface area contributed by atoms with E-state index < -0.39 is 28.8 Å². The van der Waals surface area contributed by atoms with Gasteiger partial charge in [-0.1, -0.05) is 0 Å². The summed E-state index contributed by atoms with van der Waals surface area (Å²) in [7, 11) is 2.83. The van der Waals surface area contributed by atoms with E-state index in [0.29, 0.717) is 25.9 Å². The second kappa shape index (κ2) is 7.40. The van der Waals surface area contributed by atoms with Gasteiger partial charge in [0.1, 0.15) is 5.82 Å². The summed E-state index contributed by atoms with van der Waals surface area (Å²) in [4.78, 5) is 25.8. The molecule has 0 N–H and O–H groups in total. The highest BCUT2D eigenvalue weighted by Crippen LogP contribution is 2.32. The SMILES string of the molecule is Cn1nc(N2CCC(Cc3cc(C(F)(F)F)ccc3F)CC2)c(=O)n(C)c1=O. The third kappa shape index (κ3) is 3.95. The summed E-state index contributed by atoms with van der Waals surface area (Å²) < 4.78 is 54.6. The lowest BCUT2D eigenvalue weighted by molar-refractivity contribution is -0.137. The summed E-state index contributed by atoms with van der Waals surface area (Å²) in [5.41, 5.74) is -1.84. The predicted octanol–water partition coefficient (Wildman–Crippen LogP) is 2.10. The number of alkyl halides is 3. The average molecular weight is 400 g/mol. The van der Waals surface area contributed by atoms with E-state index in [1.807, 2.05) is 0 Å². The predicted molar refractivity (Wildman–Crippen MR) is 94.8 cm³/mol. The lowest BCUT2D eigenvalue weighted by Crippen LogP contribution is -2.45. The van der Waals surface area contributed by atoms with Crippen LogP contribution < -0.4 is 16.1 Å². The largest absolute Gasteiger partial charge is 0.416 e. The molecule has 0 radical (unpaired) electrons. The first-order valence-corrected chi connectivity index (χ1v) is 8.83. The van der Waals surface area contributed by atoms with Crippen LogP contribution in [0.5, 0.6) is 0 Å². The first kappa shape index (κ1) is 20.1. The third-order valence-corrected chi connectivity index (χ3v) is 5.10. The second-order valence-corrected chi connectivity index (χ2v) is 7.03. The molecular formula is C18H20F4N4O2. The fourth-order valence-electron chi connectivity index (χ4n) is 3.45. The zero-order chi connectivity index (χ0) is 20.6. The topological polar surface area (TPSA) is 60.1 Å². The number of nitrogens with zero attached hydrogens (tertiary/aromatic N) is 4. The van der Waals surface area contributed by atoms with Crippen LogP contribution in [0.4, 0.5) is 23.4 Å². The van der Waals surface area contributed by atoms with Gasteiger partial charge in [-0.3, -0.25) is 9.36 Å². The quantitative estimate of drug-likeness (QED) is 0.741. The number of hydrogen-bond acceptors (Lipinski definition) is 4. The molecule has 152 valence electrons. The Morgan fingerprint density at radius 3 is 2.39 bits per heavy atom. The Balaban J connectivity index is 1.72. The molecular weight excluding hydrogens is 380 g/mol. The first-order chi connectivity index (χ1) is 13.1. The smallest absolute Gasteiger partial charge is 0.351 e. The molecule has 1 aliphatic rings. The van der Waals surface area contributed by atoms with Gasteiger partial charge in [-0.2, -0.15) is 13.2 Å². The van der Waals surface area contributed by atoms with Crippen LogP contribution in [0.15, 0.2) is 27.8 Å². The highest BCUT2D eigenvalue weighted by molar-refractivity contribution is 5.35. The van der Waals surface area contributed by atoms with Crippen molar-refractivity contribution in [2.45, 2.75) is 25.4 Å². The molecule has 3 rings (SSSR count). The van der Waals surface area contributed by atoms with Gasteiger partial charge in [0.2, 0.25) is 5.82 Å². The van der Waals surface area contributed by atoms with Crippen LogP contribution >= 0.6 is 0 Å².